The van der Waals surface area contributed by atoms with Gasteiger partial charge in [0.25, 0.3) is 0 Å². The summed E-state index contributed by atoms with van der Waals surface area (Å²) in [5.41, 5.74) is 6.92. The van der Waals surface area contributed by atoms with E-state index < -0.39 is 0 Å². The van der Waals surface area contributed by atoms with Crippen LogP contribution in [0.3, 0.4) is 0 Å². The Balaban J connectivity index is 1.75. The van der Waals surface area contributed by atoms with Gasteiger partial charge in [-0.15, -0.1) is 0 Å². The van der Waals surface area contributed by atoms with Crippen molar-refractivity contribution in [2.24, 2.45) is 17.1 Å². The summed E-state index contributed by atoms with van der Waals surface area (Å²) in [6, 6.07) is 0.636. The highest BCUT2D eigenvalue weighted by Gasteiger charge is 2.67. The largest absolute Gasteiger partial charge is 0.377 e. The summed E-state index contributed by atoms with van der Waals surface area (Å²) in [5, 5.41) is 0.719. The topological polar surface area (TPSA) is 38.5 Å². The molecule has 2 aliphatic heterocycles. The van der Waals surface area contributed by atoms with Crippen LogP contribution in [0.4, 0.5) is 0 Å². The van der Waals surface area contributed by atoms with Crippen LogP contribution < -0.4 is 5.73 Å². The first-order valence-electron chi connectivity index (χ1n) is 7.64. The Bertz CT molecular complexity index is 362. The van der Waals surface area contributed by atoms with Crippen molar-refractivity contribution in [3.8, 4) is 0 Å². The van der Waals surface area contributed by atoms with Gasteiger partial charge in [-0.05, 0) is 13.3 Å². The maximum absolute atomic E-state index is 6.88. The second kappa shape index (κ2) is 4.62. The van der Waals surface area contributed by atoms with E-state index in [4.69, 9.17) is 10.5 Å². The molecule has 0 radical (unpaired) electrons. The minimum absolute atomic E-state index is 0.0653. The van der Waals surface area contributed by atoms with Crippen molar-refractivity contribution in [1.82, 2.24) is 4.90 Å². The molecule has 0 spiro atoms. The summed E-state index contributed by atoms with van der Waals surface area (Å²) in [4.78, 5) is 2.62. The molecule has 0 aromatic carbocycles. The molecule has 3 nitrogen and oxygen atoms in total. The van der Waals surface area contributed by atoms with Gasteiger partial charge in [0, 0.05) is 53.6 Å². The van der Waals surface area contributed by atoms with Crippen LogP contribution in [-0.2, 0) is 4.74 Å². The van der Waals surface area contributed by atoms with Gasteiger partial charge in [0.05, 0.1) is 6.10 Å². The van der Waals surface area contributed by atoms with Crippen molar-refractivity contribution in [2.75, 3.05) is 25.4 Å². The number of thioether (sulfide) groups is 1. The normalized spacial score (nSPS) is 49.7. The number of fused-ring (bicyclic) bond motifs is 1. The lowest BCUT2D eigenvalue weighted by molar-refractivity contribution is -0.165. The van der Waals surface area contributed by atoms with Crippen LogP contribution in [0.1, 0.15) is 34.1 Å². The molecule has 5 unspecified atom stereocenters. The first-order chi connectivity index (χ1) is 8.88. The first-order valence-corrected chi connectivity index (χ1v) is 8.69. The molecule has 1 aliphatic carbocycles. The SMILES string of the molecule is CC1SCCN(CC2(N)C3CCOC3C2(C)C)C1C. The fraction of sp³-hybridized carbons (Fsp3) is 1.00. The Kier molecular flexibility index (Phi) is 3.45. The molecule has 2 heterocycles. The van der Waals surface area contributed by atoms with E-state index in [1.54, 1.807) is 0 Å². The Morgan fingerprint density at radius 3 is 2.84 bits per heavy atom. The highest BCUT2D eigenvalue weighted by Crippen LogP contribution is 2.58. The van der Waals surface area contributed by atoms with Crippen LogP contribution in [0, 0.1) is 11.3 Å². The molecule has 3 aliphatic rings. The van der Waals surface area contributed by atoms with Crippen LogP contribution in [-0.4, -0.2) is 53.3 Å². The molecule has 0 aromatic rings. The summed E-state index contributed by atoms with van der Waals surface area (Å²) in [7, 11) is 0. The van der Waals surface area contributed by atoms with Gasteiger partial charge < -0.3 is 10.5 Å². The first kappa shape index (κ1) is 14.2. The molecule has 0 aromatic heterocycles. The second-order valence-electron chi connectivity index (χ2n) is 7.24. The third-order valence-electron chi connectivity index (χ3n) is 6.14. The zero-order valence-corrected chi connectivity index (χ0v) is 13.5. The van der Waals surface area contributed by atoms with Gasteiger partial charge in [0.15, 0.2) is 0 Å². The average Bonchev–Trinajstić information content (AvgIpc) is 2.83. The van der Waals surface area contributed by atoms with Crippen molar-refractivity contribution < 1.29 is 4.74 Å². The smallest absolute Gasteiger partial charge is 0.0691 e. The van der Waals surface area contributed by atoms with E-state index in [-0.39, 0.29) is 11.0 Å². The lowest BCUT2D eigenvalue weighted by Crippen LogP contribution is -2.78. The summed E-state index contributed by atoms with van der Waals surface area (Å²) >= 11 is 2.09. The van der Waals surface area contributed by atoms with Crippen molar-refractivity contribution in [2.45, 2.75) is 57.1 Å². The molecule has 3 fully saturated rings. The van der Waals surface area contributed by atoms with Crippen LogP contribution in [0.25, 0.3) is 0 Å². The van der Waals surface area contributed by atoms with E-state index in [1.165, 1.54) is 12.3 Å². The maximum Gasteiger partial charge on any atom is 0.0691 e. The number of nitrogens with zero attached hydrogens (tertiary/aromatic N) is 1. The minimum atomic E-state index is -0.0653. The van der Waals surface area contributed by atoms with E-state index in [9.17, 15) is 0 Å². The molecular weight excluding hydrogens is 256 g/mol. The van der Waals surface area contributed by atoms with E-state index >= 15 is 0 Å². The van der Waals surface area contributed by atoms with Crippen molar-refractivity contribution >= 4 is 11.8 Å². The van der Waals surface area contributed by atoms with Crippen molar-refractivity contribution in [3.05, 3.63) is 0 Å². The molecule has 4 heteroatoms. The predicted octanol–water partition coefficient (Wildman–Crippen LogP) is 1.95. The Morgan fingerprint density at radius 2 is 2.11 bits per heavy atom. The highest BCUT2D eigenvalue weighted by molar-refractivity contribution is 8.00. The number of hydrogen-bond donors (Lipinski definition) is 1. The quantitative estimate of drug-likeness (QED) is 0.841. The molecule has 5 atom stereocenters. The minimum Gasteiger partial charge on any atom is -0.377 e. The van der Waals surface area contributed by atoms with Gasteiger partial charge in [-0.3, -0.25) is 4.90 Å². The third-order valence-corrected chi connectivity index (χ3v) is 7.48. The van der Waals surface area contributed by atoms with Crippen molar-refractivity contribution in [1.29, 1.82) is 0 Å². The van der Waals surface area contributed by atoms with E-state index in [0.717, 1.165) is 24.8 Å². The summed E-state index contributed by atoms with van der Waals surface area (Å²) in [5.74, 6) is 1.81. The standard InChI is InChI=1S/C15H28N2OS/c1-10-11(2)19-8-6-17(10)9-15(16)12-5-7-18-13(12)14(15,3)4/h10-13H,5-9,16H2,1-4H3. The molecule has 0 amide bonds. The monoisotopic (exact) mass is 284 g/mol. The zero-order valence-electron chi connectivity index (χ0n) is 12.7. The molecule has 3 rings (SSSR count). The average molecular weight is 284 g/mol. The molecule has 1 saturated carbocycles. The van der Waals surface area contributed by atoms with Crippen molar-refractivity contribution in [3.63, 3.8) is 0 Å². The van der Waals surface area contributed by atoms with Gasteiger partial charge in [-0.1, -0.05) is 20.8 Å². The maximum atomic E-state index is 6.88. The summed E-state index contributed by atoms with van der Waals surface area (Å²) < 4.78 is 5.90. The van der Waals surface area contributed by atoms with E-state index in [1.807, 2.05) is 0 Å². The van der Waals surface area contributed by atoms with Gasteiger partial charge in [-0.2, -0.15) is 11.8 Å². The van der Waals surface area contributed by atoms with Gasteiger partial charge in [-0.25, -0.2) is 0 Å². The summed E-state index contributed by atoms with van der Waals surface area (Å²) in [6.45, 7) is 12.4. The van der Waals surface area contributed by atoms with Crippen LogP contribution in [0.5, 0.6) is 0 Å². The Hall–Kier alpha value is 0.230. The Labute approximate surface area is 121 Å². The van der Waals surface area contributed by atoms with Crippen LogP contribution in [0.15, 0.2) is 0 Å². The number of hydrogen-bond acceptors (Lipinski definition) is 4. The highest BCUT2D eigenvalue weighted by atomic mass is 32.2. The second-order valence-corrected chi connectivity index (χ2v) is 8.72. The van der Waals surface area contributed by atoms with Gasteiger partial charge >= 0.3 is 0 Å². The third kappa shape index (κ3) is 1.90. The lowest BCUT2D eigenvalue weighted by atomic mass is 9.48. The van der Waals surface area contributed by atoms with Gasteiger partial charge in [0.2, 0.25) is 0 Å². The molecule has 0 bridgehead atoms. The number of rotatable bonds is 2. The number of ether oxygens (including phenoxy) is 1. The van der Waals surface area contributed by atoms with E-state index in [0.29, 0.717) is 18.1 Å². The molecular formula is C15H28N2OS. The molecule has 2 saturated heterocycles. The fourth-order valence-electron chi connectivity index (χ4n) is 4.35. The zero-order chi connectivity index (χ0) is 13.8. The van der Waals surface area contributed by atoms with Crippen LogP contribution >= 0.6 is 11.8 Å². The number of nitrogens with two attached hydrogens (primary N) is 1. The fourth-order valence-corrected chi connectivity index (χ4v) is 5.51. The Morgan fingerprint density at radius 1 is 1.37 bits per heavy atom. The molecule has 110 valence electrons. The molecule has 2 N–H and O–H groups in total. The van der Waals surface area contributed by atoms with Crippen LogP contribution in [0.2, 0.25) is 0 Å². The molecule has 19 heavy (non-hydrogen) atoms. The van der Waals surface area contributed by atoms with E-state index in [2.05, 4.69) is 44.4 Å². The van der Waals surface area contributed by atoms with Gasteiger partial charge in [0.1, 0.15) is 0 Å². The predicted molar refractivity (Wildman–Crippen MR) is 81.5 cm³/mol. The lowest BCUT2D eigenvalue weighted by Gasteiger charge is -2.64. The summed E-state index contributed by atoms with van der Waals surface area (Å²) in [6.07, 6.45) is 1.54.